The van der Waals surface area contributed by atoms with Gasteiger partial charge in [0.1, 0.15) is 0 Å². The first-order valence-corrected chi connectivity index (χ1v) is 6.45. The lowest BCUT2D eigenvalue weighted by molar-refractivity contribution is -0.116. The summed E-state index contributed by atoms with van der Waals surface area (Å²) in [5.41, 5.74) is 1.55. The summed E-state index contributed by atoms with van der Waals surface area (Å²) in [7, 11) is 0. The highest BCUT2D eigenvalue weighted by atomic mass is 16.5. The van der Waals surface area contributed by atoms with Crippen LogP contribution in [0, 0.1) is 0 Å². The van der Waals surface area contributed by atoms with E-state index in [1.54, 1.807) is 0 Å². The number of nitrogens with zero attached hydrogens (tertiary/aromatic N) is 2. The van der Waals surface area contributed by atoms with Crippen molar-refractivity contribution in [2.24, 2.45) is 0 Å². The van der Waals surface area contributed by atoms with Crippen molar-refractivity contribution in [2.75, 3.05) is 5.32 Å². The molecule has 1 aromatic heterocycles. The Balaban J connectivity index is 2.16. The van der Waals surface area contributed by atoms with Gasteiger partial charge >= 0.3 is 0 Å². The smallest absolute Gasteiger partial charge is 0.257 e. The lowest BCUT2D eigenvalue weighted by Crippen LogP contribution is -2.10. The Morgan fingerprint density at radius 2 is 2.21 bits per heavy atom. The lowest BCUT2D eigenvalue weighted by Gasteiger charge is -2.04. The number of hydrogen-bond donors (Lipinski definition) is 1. The highest BCUT2D eigenvalue weighted by Gasteiger charge is 2.08. The van der Waals surface area contributed by atoms with Crippen LogP contribution in [0.1, 0.15) is 32.5 Å². The second-order valence-electron chi connectivity index (χ2n) is 4.25. The van der Waals surface area contributed by atoms with Gasteiger partial charge in [-0.15, -0.1) is 0 Å². The Labute approximate surface area is 112 Å². The zero-order valence-electron chi connectivity index (χ0n) is 11.1. The maximum atomic E-state index is 11.5. The SMILES string of the molecule is CCCC(=O)Nc1cccc(-c2nc(CC)no2)c1. The number of anilines is 1. The van der Waals surface area contributed by atoms with Gasteiger partial charge in [-0.2, -0.15) is 4.98 Å². The molecular weight excluding hydrogens is 242 g/mol. The van der Waals surface area contributed by atoms with Crippen LogP contribution in [0.25, 0.3) is 11.5 Å². The van der Waals surface area contributed by atoms with E-state index in [4.69, 9.17) is 4.52 Å². The number of benzene rings is 1. The van der Waals surface area contributed by atoms with E-state index in [2.05, 4.69) is 15.5 Å². The number of amides is 1. The molecule has 2 aromatic rings. The van der Waals surface area contributed by atoms with Gasteiger partial charge < -0.3 is 9.84 Å². The molecule has 0 aliphatic carbocycles. The average molecular weight is 259 g/mol. The number of carbonyl (C=O) groups is 1. The van der Waals surface area contributed by atoms with E-state index < -0.39 is 0 Å². The standard InChI is InChI=1S/C14H17N3O2/c1-3-6-13(18)15-11-8-5-7-10(9-11)14-16-12(4-2)17-19-14/h5,7-9H,3-4,6H2,1-2H3,(H,15,18). The Bertz CT molecular complexity index is 563. The first-order chi connectivity index (χ1) is 9.22. The molecule has 100 valence electrons. The third-order valence-electron chi connectivity index (χ3n) is 2.65. The van der Waals surface area contributed by atoms with Crippen LogP contribution in [0.2, 0.25) is 0 Å². The fourth-order valence-electron chi connectivity index (χ4n) is 1.70. The number of carbonyl (C=O) groups excluding carboxylic acids is 1. The van der Waals surface area contributed by atoms with E-state index in [0.717, 1.165) is 24.1 Å². The van der Waals surface area contributed by atoms with Crippen LogP contribution in [-0.2, 0) is 11.2 Å². The topological polar surface area (TPSA) is 68.0 Å². The first-order valence-electron chi connectivity index (χ1n) is 6.45. The quantitative estimate of drug-likeness (QED) is 0.896. The molecule has 1 aromatic carbocycles. The normalized spacial score (nSPS) is 10.4. The summed E-state index contributed by atoms with van der Waals surface area (Å²) in [5.74, 6) is 1.17. The third-order valence-corrected chi connectivity index (χ3v) is 2.65. The van der Waals surface area contributed by atoms with Gasteiger partial charge in [-0.3, -0.25) is 4.79 Å². The second kappa shape index (κ2) is 6.13. The van der Waals surface area contributed by atoms with E-state index >= 15 is 0 Å². The number of nitrogens with one attached hydrogen (secondary N) is 1. The summed E-state index contributed by atoms with van der Waals surface area (Å²) >= 11 is 0. The zero-order valence-corrected chi connectivity index (χ0v) is 11.1. The van der Waals surface area contributed by atoms with Crippen LogP contribution in [0.5, 0.6) is 0 Å². The van der Waals surface area contributed by atoms with E-state index in [9.17, 15) is 4.79 Å². The van der Waals surface area contributed by atoms with Crippen molar-refractivity contribution in [2.45, 2.75) is 33.1 Å². The predicted octanol–water partition coefficient (Wildman–Crippen LogP) is 3.04. The van der Waals surface area contributed by atoms with Gasteiger partial charge in [-0.1, -0.05) is 25.1 Å². The van der Waals surface area contributed by atoms with Gasteiger partial charge in [-0.05, 0) is 24.6 Å². The largest absolute Gasteiger partial charge is 0.334 e. The molecule has 1 amide bonds. The fourth-order valence-corrected chi connectivity index (χ4v) is 1.70. The van der Waals surface area contributed by atoms with Gasteiger partial charge in [0.05, 0.1) is 0 Å². The first kappa shape index (κ1) is 13.3. The van der Waals surface area contributed by atoms with Gasteiger partial charge in [0, 0.05) is 24.1 Å². The van der Waals surface area contributed by atoms with Crippen LogP contribution >= 0.6 is 0 Å². The van der Waals surface area contributed by atoms with Crippen molar-refractivity contribution in [3.63, 3.8) is 0 Å². The molecule has 0 unspecified atom stereocenters. The molecule has 2 rings (SSSR count). The molecule has 1 N–H and O–H groups in total. The van der Waals surface area contributed by atoms with Crippen molar-refractivity contribution < 1.29 is 9.32 Å². The highest BCUT2D eigenvalue weighted by Crippen LogP contribution is 2.21. The van der Waals surface area contributed by atoms with Gasteiger partial charge in [-0.25, -0.2) is 0 Å². The van der Waals surface area contributed by atoms with Crippen LogP contribution < -0.4 is 5.32 Å². The van der Waals surface area contributed by atoms with Crippen LogP contribution in [0.4, 0.5) is 5.69 Å². The molecular formula is C14H17N3O2. The molecule has 0 radical (unpaired) electrons. The number of aromatic nitrogens is 2. The molecule has 0 aliphatic rings. The molecule has 0 spiro atoms. The number of rotatable bonds is 5. The maximum Gasteiger partial charge on any atom is 0.257 e. The van der Waals surface area contributed by atoms with Gasteiger partial charge in [0.2, 0.25) is 5.91 Å². The van der Waals surface area contributed by atoms with Crippen molar-refractivity contribution in [3.8, 4) is 11.5 Å². The minimum absolute atomic E-state index is 0.0134. The highest BCUT2D eigenvalue weighted by molar-refractivity contribution is 5.91. The summed E-state index contributed by atoms with van der Waals surface area (Å²) < 4.78 is 5.18. The molecule has 1 heterocycles. The Morgan fingerprint density at radius 3 is 2.89 bits per heavy atom. The van der Waals surface area contributed by atoms with E-state index in [1.807, 2.05) is 38.1 Å². The molecule has 0 saturated heterocycles. The van der Waals surface area contributed by atoms with Gasteiger partial charge in [0.15, 0.2) is 5.82 Å². The lowest BCUT2D eigenvalue weighted by atomic mass is 10.2. The minimum Gasteiger partial charge on any atom is -0.334 e. The summed E-state index contributed by atoms with van der Waals surface area (Å²) in [4.78, 5) is 15.8. The molecule has 0 fully saturated rings. The van der Waals surface area contributed by atoms with Crippen molar-refractivity contribution in [3.05, 3.63) is 30.1 Å². The van der Waals surface area contributed by atoms with E-state index in [-0.39, 0.29) is 5.91 Å². The fraction of sp³-hybridized carbons (Fsp3) is 0.357. The summed E-state index contributed by atoms with van der Waals surface area (Å²) in [5, 5.41) is 6.70. The van der Waals surface area contributed by atoms with Crippen LogP contribution in [0.15, 0.2) is 28.8 Å². The molecule has 5 heteroatoms. The predicted molar refractivity (Wildman–Crippen MR) is 72.6 cm³/mol. The van der Waals surface area contributed by atoms with Crippen molar-refractivity contribution in [1.82, 2.24) is 10.1 Å². The van der Waals surface area contributed by atoms with Crippen molar-refractivity contribution >= 4 is 11.6 Å². The van der Waals surface area contributed by atoms with E-state index in [1.165, 1.54) is 0 Å². The van der Waals surface area contributed by atoms with Crippen molar-refractivity contribution in [1.29, 1.82) is 0 Å². The molecule has 19 heavy (non-hydrogen) atoms. The molecule has 0 saturated carbocycles. The summed E-state index contributed by atoms with van der Waals surface area (Å²) in [6.07, 6.45) is 2.08. The van der Waals surface area contributed by atoms with E-state index in [0.29, 0.717) is 18.1 Å². The molecule has 5 nitrogen and oxygen atoms in total. The van der Waals surface area contributed by atoms with Crippen LogP contribution in [0.3, 0.4) is 0 Å². The molecule has 0 aliphatic heterocycles. The third kappa shape index (κ3) is 3.40. The maximum absolute atomic E-state index is 11.5. The Hall–Kier alpha value is -2.17. The summed E-state index contributed by atoms with van der Waals surface area (Å²) in [6.45, 7) is 3.94. The number of aryl methyl sites for hydroxylation is 1. The minimum atomic E-state index is 0.0134. The Morgan fingerprint density at radius 1 is 1.37 bits per heavy atom. The second-order valence-corrected chi connectivity index (χ2v) is 4.25. The Kier molecular flexibility index (Phi) is 4.28. The van der Waals surface area contributed by atoms with Gasteiger partial charge in [0.25, 0.3) is 5.89 Å². The zero-order chi connectivity index (χ0) is 13.7. The monoisotopic (exact) mass is 259 g/mol. The molecule has 0 bridgehead atoms. The molecule has 0 atom stereocenters. The average Bonchev–Trinajstić information content (AvgIpc) is 2.88. The number of hydrogen-bond acceptors (Lipinski definition) is 4. The van der Waals surface area contributed by atoms with Crippen LogP contribution in [-0.4, -0.2) is 16.0 Å². The summed E-state index contributed by atoms with van der Waals surface area (Å²) in [6, 6.07) is 7.41.